The summed E-state index contributed by atoms with van der Waals surface area (Å²) in [7, 11) is 0. The van der Waals surface area contributed by atoms with E-state index in [0.717, 1.165) is 5.39 Å². The Morgan fingerprint density at radius 2 is 2.23 bits per heavy atom. The van der Waals surface area contributed by atoms with Crippen LogP contribution < -0.4 is 0 Å². The summed E-state index contributed by atoms with van der Waals surface area (Å²) >= 11 is 0. The summed E-state index contributed by atoms with van der Waals surface area (Å²) < 4.78 is 5.22. The molecule has 0 saturated carbocycles. The molecule has 0 atom stereocenters. The highest BCUT2D eigenvalue weighted by atomic mass is 16.6. The second-order valence-corrected chi connectivity index (χ2v) is 2.81. The van der Waals surface area contributed by atoms with Crippen molar-refractivity contribution in [3.63, 3.8) is 0 Å². The fraction of sp³-hybridized carbons (Fsp3) is 0.111. The van der Waals surface area contributed by atoms with Gasteiger partial charge in [0.1, 0.15) is 5.76 Å². The first-order valence-corrected chi connectivity index (χ1v) is 3.82. The molecule has 0 radical (unpaired) electrons. The molecule has 0 bridgehead atoms. The van der Waals surface area contributed by atoms with Crippen LogP contribution in [0.3, 0.4) is 0 Å². The average Bonchev–Trinajstić information content (AvgIpc) is 2.43. The molecule has 0 aliphatic rings. The Morgan fingerprint density at radius 1 is 1.46 bits per heavy atom. The number of non-ortho nitro benzene ring substituents is 1. The lowest BCUT2D eigenvalue weighted by Gasteiger charge is -1.90. The number of para-hydroxylation sites is 1. The van der Waals surface area contributed by atoms with Crippen molar-refractivity contribution in [2.45, 2.75) is 6.92 Å². The number of rotatable bonds is 1. The van der Waals surface area contributed by atoms with Gasteiger partial charge >= 0.3 is 5.69 Å². The Balaban J connectivity index is 2.82. The molecule has 4 nitrogen and oxygen atoms in total. The Kier molecular flexibility index (Phi) is 1.55. The highest BCUT2D eigenvalue weighted by molar-refractivity contribution is 5.86. The second kappa shape index (κ2) is 2.58. The summed E-state index contributed by atoms with van der Waals surface area (Å²) in [4.78, 5) is 10.1. The van der Waals surface area contributed by atoms with Gasteiger partial charge in [-0.2, -0.15) is 0 Å². The average molecular weight is 177 g/mol. The van der Waals surface area contributed by atoms with E-state index in [-0.39, 0.29) is 5.69 Å². The third-order valence-corrected chi connectivity index (χ3v) is 1.84. The molecule has 1 heterocycles. The van der Waals surface area contributed by atoms with Crippen molar-refractivity contribution in [1.29, 1.82) is 0 Å². The molecule has 2 rings (SSSR count). The van der Waals surface area contributed by atoms with E-state index in [2.05, 4.69) is 0 Å². The van der Waals surface area contributed by atoms with Crippen LogP contribution >= 0.6 is 0 Å². The van der Waals surface area contributed by atoms with Gasteiger partial charge in [-0.05, 0) is 13.0 Å². The number of aryl methyl sites for hydroxylation is 1. The van der Waals surface area contributed by atoms with Gasteiger partial charge in [-0.3, -0.25) is 10.1 Å². The van der Waals surface area contributed by atoms with Gasteiger partial charge in [0.2, 0.25) is 5.58 Å². The molecule has 0 N–H and O–H groups in total. The van der Waals surface area contributed by atoms with Crippen LogP contribution in [-0.4, -0.2) is 4.92 Å². The number of fused-ring (bicyclic) bond motifs is 1. The lowest BCUT2D eigenvalue weighted by atomic mass is 10.2. The van der Waals surface area contributed by atoms with Gasteiger partial charge < -0.3 is 4.42 Å². The zero-order chi connectivity index (χ0) is 9.42. The molecule has 0 spiro atoms. The Hall–Kier alpha value is -1.84. The van der Waals surface area contributed by atoms with Crippen molar-refractivity contribution in [3.05, 3.63) is 40.1 Å². The summed E-state index contributed by atoms with van der Waals surface area (Å²) in [5.74, 6) is 0.685. The third-order valence-electron chi connectivity index (χ3n) is 1.84. The van der Waals surface area contributed by atoms with Gasteiger partial charge in [0, 0.05) is 11.5 Å². The van der Waals surface area contributed by atoms with E-state index in [1.807, 2.05) is 0 Å². The first-order valence-electron chi connectivity index (χ1n) is 3.82. The molecule has 13 heavy (non-hydrogen) atoms. The first-order chi connectivity index (χ1) is 6.18. The van der Waals surface area contributed by atoms with Crippen LogP contribution in [-0.2, 0) is 0 Å². The van der Waals surface area contributed by atoms with Crippen molar-refractivity contribution in [2.24, 2.45) is 0 Å². The quantitative estimate of drug-likeness (QED) is 0.497. The topological polar surface area (TPSA) is 56.3 Å². The number of hydrogen-bond donors (Lipinski definition) is 0. The number of nitro groups is 1. The number of nitrogens with zero attached hydrogens (tertiary/aromatic N) is 1. The highest BCUT2D eigenvalue weighted by Gasteiger charge is 2.14. The van der Waals surface area contributed by atoms with Crippen molar-refractivity contribution < 1.29 is 9.34 Å². The van der Waals surface area contributed by atoms with Crippen LogP contribution in [0.4, 0.5) is 5.69 Å². The van der Waals surface area contributed by atoms with E-state index in [4.69, 9.17) is 4.42 Å². The summed E-state index contributed by atoms with van der Waals surface area (Å²) in [5.41, 5.74) is 0.371. The number of nitro benzene ring substituents is 1. The van der Waals surface area contributed by atoms with E-state index in [1.165, 1.54) is 6.07 Å². The van der Waals surface area contributed by atoms with Crippen LogP contribution in [0.5, 0.6) is 0 Å². The molecule has 4 heteroatoms. The molecule has 1 aromatic heterocycles. The van der Waals surface area contributed by atoms with Gasteiger partial charge in [0.25, 0.3) is 0 Å². The molecule has 2 aromatic rings. The Bertz CT molecular complexity index is 473. The summed E-state index contributed by atoms with van der Waals surface area (Å²) in [6.07, 6.45) is 0. The monoisotopic (exact) mass is 177 g/mol. The van der Waals surface area contributed by atoms with Crippen LogP contribution in [0, 0.1) is 17.0 Å². The lowest BCUT2D eigenvalue weighted by molar-refractivity contribution is -0.383. The largest absolute Gasteiger partial charge is 0.454 e. The molecule has 0 saturated heterocycles. The minimum atomic E-state index is -0.439. The van der Waals surface area contributed by atoms with Crippen LogP contribution in [0.15, 0.2) is 28.7 Å². The zero-order valence-electron chi connectivity index (χ0n) is 6.98. The highest BCUT2D eigenvalue weighted by Crippen LogP contribution is 2.27. The van der Waals surface area contributed by atoms with Crippen LogP contribution in [0.1, 0.15) is 5.76 Å². The summed E-state index contributed by atoms with van der Waals surface area (Å²) in [6, 6.07) is 6.65. The van der Waals surface area contributed by atoms with Crippen LogP contribution in [0.2, 0.25) is 0 Å². The molecule has 0 fully saturated rings. The molecular formula is C9H7NO3. The Labute approximate surface area is 73.9 Å². The van der Waals surface area contributed by atoms with Crippen molar-refractivity contribution in [2.75, 3.05) is 0 Å². The lowest BCUT2D eigenvalue weighted by Crippen LogP contribution is -1.86. The van der Waals surface area contributed by atoms with Gasteiger partial charge in [-0.25, -0.2) is 0 Å². The van der Waals surface area contributed by atoms with E-state index in [1.54, 1.807) is 25.1 Å². The van der Waals surface area contributed by atoms with Gasteiger partial charge in [0.05, 0.1) is 4.92 Å². The number of furan rings is 1. The van der Waals surface area contributed by atoms with E-state index in [0.29, 0.717) is 11.3 Å². The molecule has 66 valence electrons. The minimum absolute atomic E-state index is 0.0191. The standard InChI is InChI=1S/C9H7NO3/c1-6-5-7-3-2-4-8(10(11)12)9(7)13-6/h2-5H,1H3. The van der Waals surface area contributed by atoms with Crippen molar-refractivity contribution >= 4 is 16.7 Å². The fourth-order valence-electron chi connectivity index (χ4n) is 1.32. The smallest absolute Gasteiger partial charge is 0.312 e. The van der Waals surface area contributed by atoms with Crippen molar-refractivity contribution in [3.8, 4) is 0 Å². The normalized spacial score (nSPS) is 10.5. The van der Waals surface area contributed by atoms with E-state index in [9.17, 15) is 10.1 Å². The SMILES string of the molecule is Cc1cc2cccc([N+](=O)[O-])c2o1. The fourth-order valence-corrected chi connectivity index (χ4v) is 1.32. The number of hydrogen-bond acceptors (Lipinski definition) is 3. The molecule has 0 aliphatic heterocycles. The second-order valence-electron chi connectivity index (χ2n) is 2.81. The maximum Gasteiger partial charge on any atom is 0.312 e. The molecule has 0 aliphatic carbocycles. The van der Waals surface area contributed by atoms with E-state index >= 15 is 0 Å². The first kappa shape index (κ1) is 7.79. The van der Waals surface area contributed by atoms with Gasteiger partial charge in [-0.15, -0.1) is 0 Å². The zero-order valence-corrected chi connectivity index (χ0v) is 6.98. The minimum Gasteiger partial charge on any atom is -0.454 e. The van der Waals surface area contributed by atoms with E-state index < -0.39 is 4.92 Å². The molecule has 0 unspecified atom stereocenters. The maximum absolute atomic E-state index is 10.6. The Morgan fingerprint density at radius 3 is 2.92 bits per heavy atom. The molecule has 0 amide bonds. The third kappa shape index (κ3) is 1.16. The molecular weight excluding hydrogens is 170 g/mol. The van der Waals surface area contributed by atoms with Crippen LogP contribution in [0.25, 0.3) is 11.0 Å². The van der Waals surface area contributed by atoms with Gasteiger partial charge in [0.15, 0.2) is 0 Å². The van der Waals surface area contributed by atoms with Gasteiger partial charge in [-0.1, -0.05) is 12.1 Å². The van der Waals surface area contributed by atoms with Crippen molar-refractivity contribution in [1.82, 2.24) is 0 Å². The summed E-state index contributed by atoms with van der Waals surface area (Å²) in [6.45, 7) is 1.77. The molecule has 1 aromatic carbocycles. The maximum atomic E-state index is 10.6. The summed E-state index contributed by atoms with van der Waals surface area (Å²) in [5, 5.41) is 11.3. The number of benzene rings is 1. The predicted molar refractivity (Wildman–Crippen MR) is 47.6 cm³/mol. The predicted octanol–water partition coefficient (Wildman–Crippen LogP) is 2.65.